The number of pyridine rings is 1. The van der Waals surface area contributed by atoms with Crippen molar-refractivity contribution in [3.05, 3.63) is 52.6 Å². The third-order valence-electron chi connectivity index (χ3n) is 2.94. The minimum Gasteiger partial charge on any atom is -0.472 e. The van der Waals surface area contributed by atoms with Crippen LogP contribution in [0, 0.1) is 0 Å². The molecule has 0 N–H and O–H groups in total. The quantitative estimate of drug-likeness (QED) is 0.658. The first kappa shape index (κ1) is 16.3. The van der Waals surface area contributed by atoms with Crippen molar-refractivity contribution in [1.29, 1.82) is 0 Å². The number of rotatable bonds is 7. The number of ether oxygens (including phenoxy) is 1. The molecule has 0 unspecified atom stereocenters. The fourth-order valence-electron chi connectivity index (χ4n) is 1.79. The Bertz CT molecular complexity index is 561. The highest BCUT2D eigenvalue weighted by molar-refractivity contribution is 9.10. The number of hydrogen-bond acceptors (Lipinski definition) is 4. The highest BCUT2D eigenvalue weighted by Gasteiger charge is 2.08. The molecular weight excluding hydrogens is 348 g/mol. The first-order valence-corrected chi connectivity index (χ1v) is 8.54. The second kappa shape index (κ2) is 8.41. The van der Waals surface area contributed by atoms with E-state index in [1.807, 2.05) is 36.5 Å². The van der Waals surface area contributed by atoms with Crippen molar-refractivity contribution in [2.45, 2.75) is 25.3 Å². The van der Waals surface area contributed by atoms with Gasteiger partial charge < -0.3 is 4.74 Å². The zero-order valence-corrected chi connectivity index (χ0v) is 14.7. The predicted octanol–water partition coefficient (Wildman–Crippen LogP) is 4.77. The summed E-state index contributed by atoms with van der Waals surface area (Å²) >= 11 is 5.25. The van der Waals surface area contributed by atoms with E-state index in [0.717, 1.165) is 28.0 Å². The molecule has 2 aromatic rings. The molecule has 0 fully saturated rings. The summed E-state index contributed by atoms with van der Waals surface area (Å²) in [6.45, 7) is 6.83. The zero-order valence-electron chi connectivity index (χ0n) is 12.3. The summed E-state index contributed by atoms with van der Waals surface area (Å²) in [5, 5.41) is 0. The minimum absolute atomic E-state index is 0.523. The molecule has 112 valence electrons. The Hall–Kier alpha value is -1.04. The van der Waals surface area contributed by atoms with Crippen LogP contribution in [0.15, 0.2) is 52.0 Å². The first-order valence-electron chi connectivity index (χ1n) is 6.98. The third-order valence-corrected chi connectivity index (χ3v) is 4.72. The molecule has 1 heterocycles. The van der Waals surface area contributed by atoms with Crippen LogP contribution in [0.5, 0.6) is 5.88 Å². The average Bonchev–Trinajstić information content (AvgIpc) is 2.52. The second-order valence-corrected chi connectivity index (χ2v) is 6.46. The van der Waals surface area contributed by atoms with Crippen LogP contribution in [0.25, 0.3) is 0 Å². The van der Waals surface area contributed by atoms with E-state index in [1.165, 1.54) is 0 Å². The van der Waals surface area contributed by atoms with Crippen molar-refractivity contribution in [3.8, 4) is 5.88 Å². The fourth-order valence-corrected chi connectivity index (χ4v) is 3.23. The summed E-state index contributed by atoms with van der Waals surface area (Å²) in [4.78, 5) is 5.51. The van der Waals surface area contributed by atoms with Crippen molar-refractivity contribution in [2.24, 2.45) is 0 Å². The Morgan fingerprint density at radius 3 is 2.52 bits per heavy atom. The Balaban J connectivity index is 1.99. The van der Waals surface area contributed by atoms with Crippen LogP contribution in [0.4, 0.5) is 0 Å². The van der Waals surface area contributed by atoms with E-state index >= 15 is 0 Å². The first-order chi connectivity index (χ1) is 10.2. The van der Waals surface area contributed by atoms with Gasteiger partial charge in [-0.3, -0.25) is 0 Å². The van der Waals surface area contributed by atoms with Gasteiger partial charge in [-0.1, -0.05) is 44.2 Å². The van der Waals surface area contributed by atoms with Gasteiger partial charge >= 0.3 is 0 Å². The molecule has 0 aliphatic heterocycles. The van der Waals surface area contributed by atoms with Gasteiger partial charge in [0.05, 0.1) is 4.47 Å². The number of hydrogen-bond donors (Lipinski definition) is 0. The second-order valence-electron chi connectivity index (χ2n) is 4.44. The zero-order chi connectivity index (χ0) is 15.1. The lowest BCUT2D eigenvalue weighted by Crippen LogP contribution is -2.13. The van der Waals surface area contributed by atoms with E-state index in [1.54, 1.807) is 11.9 Å². The molecule has 1 aromatic heterocycles. The van der Waals surface area contributed by atoms with E-state index in [2.05, 4.69) is 45.1 Å². The number of aromatic nitrogens is 1. The molecule has 2 rings (SSSR count). The van der Waals surface area contributed by atoms with Crippen molar-refractivity contribution in [2.75, 3.05) is 13.1 Å². The van der Waals surface area contributed by atoms with E-state index in [9.17, 15) is 0 Å². The molecule has 0 bridgehead atoms. The molecule has 0 radical (unpaired) electrons. The SMILES string of the molecule is CCN(CC)Sc1cnc(OCc2ccccc2)c(Br)c1. The highest BCUT2D eigenvalue weighted by Crippen LogP contribution is 2.29. The molecule has 0 saturated heterocycles. The molecule has 0 aliphatic carbocycles. The van der Waals surface area contributed by atoms with Gasteiger partial charge in [-0.05, 0) is 39.5 Å². The van der Waals surface area contributed by atoms with Crippen molar-refractivity contribution in [1.82, 2.24) is 9.29 Å². The molecule has 0 saturated carbocycles. The lowest BCUT2D eigenvalue weighted by Gasteiger charge is -2.16. The largest absolute Gasteiger partial charge is 0.472 e. The molecule has 0 amide bonds. The average molecular weight is 367 g/mol. The van der Waals surface area contributed by atoms with Crippen LogP contribution in [-0.4, -0.2) is 22.4 Å². The lowest BCUT2D eigenvalue weighted by molar-refractivity contribution is 0.291. The summed E-state index contributed by atoms with van der Waals surface area (Å²) in [6, 6.07) is 12.1. The molecule has 0 aliphatic rings. The number of benzene rings is 1. The molecule has 1 aromatic carbocycles. The van der Waals surface area contributed by atoms with Crippen molar-refractivity contribution in [3.63, 3.8) is 0 Å². The number of nitrogens with zero attached hydrogens (tertiary/aromatic N) is 2. The summed E-state index contributed by atoms with van der Waals surface area (Å²) in [5.74, 6) is 0.628. The summed E-state index contributed by atoms with van der Waals surface area (Å²) in [6.07, 6.45) is 1.86. The maximum atomic E-state index is 5.75. The normalized spacial score (nSPS) is 10.9. The van der Waals surface area contributed by atoms with Crippen LogP contribution in [0.2, 0.25) is 0 Å². The van der Waals surface area contributed by atoms with Crippen LogP contribution in [0.1, 0.15) is 19.4 Å². The van der Waals surface area contributed by atoms with Gasteiger partial charge in [-0.2, -0.15) is 0 Å². The van der Waals surface area contributed by atoms with Gasteiger partial charge in [0, 0.05) is 24.2 Å². The fraction of sp³-hybridized carbons (Fsp3) is 0.312. The van der Waals surface area contributed by atoms with Gasteiger partial charge in [-0.25, -0.2) is 9.29 Å². The van der Waals surface area contributed by atoms with E-state index in [4.69, 9.17) is 4.74 Å². The predicted molar refractivity (Wildman–Crippen MR) is 91.5 cm³/mol. The summed E-state index contributed by atoms with van der Waals surface area (Å²) < 4.78 is 8.91. The Morgan fingerprint density at radius 1 is 1.19 bits per heavy atom. The lowest BCUT2D eigenvalue weighted by atomic mass is 10.2. The molecule has 0 atom stereocenters. The van der Waals surface area contributed by atoms with E-state index in [0.29, 0.717) is 12.5 Å². The van der Waals surface area contributed by atoms with Crippen molar-refractivity contribution >= 4 is 27.9 Å². The molecule has 3 nitrogen and oxygen atoms in total. The maximum Gasteiger partial charge on any atom is 0.228 e. The van der Waals surface area contributed by atoms with Crippen molar-refractivity contribution < 1.29 is 4.74 Å². The van der Waals surface area contributed by atoms with Gasteiger partial charge in [0.15, 0.2) is 0 Å². The Kier molecular flexibility index (Phi) is 6.54. The van der Waals surface area contributed by atoms with Crippen LogP contribution in [0.3, 0.4) is 0 Å². The van der Waals surface area contributed by atoms with Crippen LogP contribution >= 0.6 is 27.9 Å². The maximum absolute atomic E-state index is 5.75. The van der Waals surface area contributed by atoms with Gasteiger partial charge in [0.25, 0.3) is 0 Å². The standard InChI is InChI=1S/C16H19BrN2OS/c1-3-19(4-2)21-14-10-15(17)16(18-11-14)20-12-13-8-6-5-7-9-13/h5-11H,3-4,12H2,1-2H3. The van der Waals surface area contributed by atoms with Crippen LogP contribution < -0.4 is 4.74 Å². The summed E-state index contributed by atoms with van der Waals surface area (Å²) in [7, 11) is 0. The highest BCUT2D eigenvalue weighted by atomic mass is 79.9. The van der Waals surface area contributed by atoms with E-state index in [-0.39, 0.29) is 0 Å². The Labute approximate surface area is 139 Å². The van der Waals surface area contributed by atoms with E-state index < -0.39 is 0 Å². The smallest absolute Gasteiger partial charge is 0.228 e. The molecule has 0 spiro atoms. The number of halogens is 1. The third kappa shape index (κ3) is 5.02. The molecule has 21 heavy (non-hydrogen) atoms. The van der Waals surface area contributed by atoms with Gasteiger partial charge in [0.1, 0.15) is 6.61 Å². The topological polar surface area (TPSA) is 25.4 Å². The monoisotopic (exact) mass is 366 g/mol. The van der Waals surface area contributed by atoms with Gasteiger partial charge in [-0.15, -0.1) is 0 Å². The molecule has 5 heteroatoms. The van der Waals surface area contributed by atoms with Gasteiger partial charge in [0.2, 0.25) is 5.88 Å². The summed E-state index contributed by atoms with van der Waals surface area (Å²) in [5.41, 5.74) is 1.13. The Morgan fingerprint density at radius 2 is 1.90 bits per heavy atom. The minimum atomic E-state index is 0.523. The molecular formula is C16H19BrN2OS. The van der Waals surface area contributed by atoms with Crippen LogP contribution in [-0.2, 0) is 6.61 Å².